The van der Waals surface area contributed by atoms with Crippen LogP contribution >= 0.6 is 23.1 Å². The van der Waals surface area contributed by atoms with Crippen molar-refractivity contribution in [2.45, 2.75) is 23.5 Å². The molecular weight excluding hydrogens is 414 g/mol. The van der Waals surface area contributed by atoms with Crippen molar-refractivity contribution >= 4 is 52.0 Å². The molecule has 0 radical (unpaired) electrons. The second-order valence-corrected chi connectivity index (χ2v) is 9.59. The van der Waals surface area contributed by atoms with Gasteiger partial charge in [-0.05, 0) is 54.3 Å². The van der Waals surface area contributed by atoms with Crippen LogP contribution in [-0.4, -0.2) is 30.2 Å². The van der Waals surface area contributed by atoms with Crippen molar-refractivity contribution in [1.82, 2.24) is 0 Å². The number of hydrogen-bond donors (Lipinski definition) is 2. The molecule has 1 aromatic heterocycles. The minimum absolute atomic E-state index is 0.0558. The average Bonchev–Trinajstić information content (AvgIpc) is 3.23. The first-order valence-corrected chi connectivity index (χ1v) is 11.6. The summed E-state index contributed by atoms with van der Waals surface area (Å²) in [5.41, 5.74) is 2.52. The molecule has 2 aromatic carbocycles. The van der Waals surface area contributed by atoms with Crippen molar-refractivity contribution in [2.75, 3.05) is 28.6 Å². The van der Waals surface area contributed by atoms with Crippen LogP contribution in [0.15, 0.2) is 70.9 Å². The number of carbonyl (C=O) groups is 2. The summed E-state index contributed by atoms with van der Waals surface area (Å²) in [5, 5.41) is 8.22. The van der Waals surface area contributed by atoms with Gasteiger partial charge in [-0.1, -0.05) is 25.1 Å². The second kappa shape index (κ2) is 9.36. The van der Waals surface area contributed by atoms with Crippen molar-refractivity contribution in [1.29, 1.82) is 0 Å². The Balaban J connectivity index is 1.37. The van der Waals surface area contributed by atoms with E-state index < -0.39 is 0 Å². The van der Waals surface area contributed by atoms with Crippen LogP contribution in [0.1, 0.15) is 23.0 Å². The number of benzene rings is 2. The molecule has 5 nitrogen and oxygen atoms in total. The monoisotopic (exact) mass is 437 g/mol. The highest BCUT2D eigenvalue weighted by Crippen LogP contribution is 2.37. The molecule has 0 spiro atoms. The molecule has 1 aliphatic rings. The molecule has 1 atom stereocenters. The van der Waals surface area contributed by atoms with Gasteiger partial charge < -0.3 is 15.5 Å². The predicted molar refractivity (Wildman–Crippen MR) is 126 cm³/mol. The molecular formula is C23H23N3O2S2. The van der Waals surface area contributed by atoms with Gasteiger partial charge in [-0.2, -0.15) is 0 Å². The molecule has 0 aliphatic carbocycles. The van der Waals surface area contributed by atoms with Gasteiger partial charge in [-0.25, -0.2) is 0 Å². The van der Waals surface area contributed by atoms with Gasteiger partial charge in [0.2, 0.25) is 5.91 Å². The number of fused-ring (bicyclic) bond motifs is 1. The van der Waals surface area contributed by atoms with E-state index in [4.69, 9.17) is 0 Å². The smallest absolute Gasteiger partial charge is 0.265 e. The zero-order valence-corrected chi connectivity index (χ0v) is 18.3. The predicted octanol–water partition coefficient (Wildman–Crippen LogP) is 5.33. The normalized spacial score (nSPS) is 15.8. The van der Waals surface area contributed by atoms with Crippen molar-refractivity contribution in [3.05, 3.63) is 70.9 Å². The topological polar surface area (TPSA) is 61.4 Å². The Hall–Kier alpha value is -2.77. The maximum atomic E-state index is 12.7. The Morgan fingerprint density at radius 1 is 1.00 bits per heavy atom. The van der Waals surface area contributed by atoms with Gasteiger partial charge in [0.15, 0.2) is 0 Å². The number of hydrogen-bond acceptors (Lipinski definition) is 5. The summed E-state index contributed by atoms with van der Waals surface area (Å²) < 4.78 is 0. The number of thioether (sulfide) groups is 1. The molecule has 0 fully saturated rings. The van der Waals surface area contributed by atoms with Gasteiger partial charge in [0.25, 0.3) is 5.91 Å². The largest absolute Gasteiger partial charge is 0.361 e. The van der Waals surface area contributed by atoms with Crippen molar-refractivity contribution in [2.24, 2.45) is 0 Å². The molecule has 154 valence electrons. The van der Waals surface area contributed by atoms with E-state index >= 15 is 0 Å². The molecule has 1 aliphatic heterocycles. The van der Waals surface area contributed by atoms with Gasteiger partial charge in [-0.15, -0.1) is 23.1 Å². The number of thiophene rings is 1. The molecule has 0 saturated heterocycles. The fourth-order valence-corrected chi connectivity index (χ4v) is 5.08. The van der Waals surface area contributed by atoms with Crippen LogP contribution in [0.5, 0.6) is 0 Å². The maximum absolute atomic E-state index is 12.7. The number of nitrogens with one attached hydrogen (secondary N) is 2. The molecule has 1 unspecified atom stereocenters. The van der Waals surface area contributed by atoms with E-state index in [2.05, 4.69) is 34.6 Å². The van der Waals surface area contributed by atoms with E-state index in [0.717, 1.165) is 18.7 Å². The van der Waals surface area contributed by atoms with Gasteiger partial charge in [0.05, 0.1) is 17.1 Å². The lowest BCUT2D eigenvalue weighted by Crippen LogP contribution is -2.34. The van der Waals surface area contributed by atoms with Crippen LogP contribution in [-0.2, 0) is 4.79 Å². The molecule has 4 rings (SSSR count). The standard InChI is InChI=1S/C23H23N3O2S2/c1-16-12-13-26(19-5-2-3-6-20(19)30-16)15-22(27)24-17-8-10-18(11-9-17)25-23(28)21-7-4-14-29-21/h2-11,14,16H,12-13,15H2,1H3,(H,24,27)(H,25,28). The Labute approximate surface area is 184 Å². The number of rotatable bonds is 5. The lowest BCUT2D eigenvalue weighted by Gasteiger charge is -2.24. The SMILES string of the molecule is CC1CCN(CC(=O)Nc2ccc(NC(=O)c3cccs3)cc2)c2ccccc2S1. The summed E-state index contributed by atoms with van der Waals surface area (Å²) in [7, 11) is 0. The third-order valence-corrected chi connectivity index (χ3v) is 6.95. The van der Waals surface area contributed by atoms with Gasteiger partial charge in [0, 0.05) is 28.1 Å². The number of para-hydroxylation sites is 1. The number of carbonyl (C=O) groups excluding carboxylic acids is 2. The van der Waals surface area contributed by atoms with Crippen LogP contribution in [0.4, 0.5) is 17.1 Å². The zero-order valence-electron chi connectivity index (χ0n) is 16.6. The van der Waals surface area contributed by atoms with E-state index in [1.165, 1.54) is 16.2 Å². The Kier molecular flexibility index (Phi) is 6.40. The van der Waals surface area contributed by atoms with Crippen molar-refractivity contribution in [3.8, 4) is 0 Å². The quantitative estimate of drug-likeness (QED) is 0.566. The summed E-state index contributed by atoms with van der Waals surface area (Å²) in [6, 6.07) is 19.1. The lowest BCUT2D eigenvalue weighted by atomic mass is 10.2. The van der Waals surface area contributed by atoms with Gasteiger partial charge in [0.1, 0.15) is 0 Å². The zero-order chi connectivity index (χ0) is 20.9. The van der Waals surface area contributed by atoms with Crippen molar-refractivity contribution in [3.63, 3.8) is 0 Å². The van der Waals surface area contributed by atoms with Crippen LogP contribution in [0.3, 0.4) is 0 Å². The van der Waals surface area contributed by atoms with E-state index in [1.807, 2.05) is 35.3 Å². The molecule has 3 aromatic rings. The number of nitrogens with zero attached hydrogens (tertiary/aromatic N) is 1. The summed E-state index contributed by atoms with van der Waals surface area (Å²) in [6.45, 7) is 3.39. The molecule has 30 heavy (non-hydrogen) atoms. The third kappa shape index (κ3) is 5.04. The molecule has 2 heterocycles. The van der Waals surface area contributed by atoms with Gasteiger partial charge in [-0.3, -0.25) is 9.59 Å². The Bertz CT molecular complexity index is 1020. The summed E-state index contributed by atoms with van der Waals surface area (Å²) >= 11 is 3.27. The minimum atomic E-state index is -0.131. The fraction of sp³-hybridized carbons (Fsp3) is 0.217. The maximum Gasteiger partial charge on any atom is 0.265 e. The van der Waals surface area contributed by atoms with E-state index in [1.54, 1.807) is 30.3 Å². The van der Waals surface area contributed by atoms with Crippen LogP contribution in [0, 0.1) is 0 Å². The lowest BCUT2D eigenvalue weighted by molar-refractivity contribution is -0.115. The van der Waals surface area contributed by atoms with Crippen molar-refractivity contribution < 1.29 is 9.59 Å². The van der Waals surface area contributed by atoms with Crippen LogP contribution in [0.2, 0.25) is 0 Å². The molecule has 0 bridgehead atoms. The van der Waals surface area contributed by atoms with E-state index in [9.17, 15) is 9.59 Å². The highest BCUT2D eigenvalue weighted by atomic mass is 32.2. The molecule has 0 saturated carbocycles. The fourth-order valence-electron chi connectivity index (χ4n) is 3.33. The third-order valence-electron chi connectivity index (χ3n) is 4.85. The average molecular weight is 438 g/mol. The first-order chi connectivity index (χ1) is 14.6. The highest BCUT2D eigenvalue weighted by molar-refractivity contribution is 8.00. The summed E-state index contributed by atoms with van der Waals surface area (Å²) in [4.78, 5) is 28.8. The van der Waals surface area contributed by atoms with E-state index in [0.29, 0.717) is 28.0 Å². The highest BCUT2D eigenvalue weighted by Gasteiger charge is 2.21. The summed E-state index contributed by atoms with van der Waals surface area (Å²) in [6.07, 6.45) is 1.03. The Morgan fingerprint density at radius 2 is 1.73 bits per heavy atom. The second-order valence-electron chi connectivity index (χ2n) is 7.16. The first-order valence-electron chi connectivity index (χ1n) is 9.84. The molecule has 2 amide bonds. The van der Waals surface area contributed by atoms with Gasteiger partial charge >= 0.3 is 0 Å². The summed E-state index contributed by atoms with van der Waals surface area (Å²) in [5.74, 6) is -0.187. The molecule has 7 heteroatoms. The van der Waals surface area contributed by atoms with Crippen LogP contribution < -0.4 is 15.5 Å². The number of anilines is 3. The van der Waals surface area contributed by atoms with E-state index in [-0.39, 0.29) is 11.8 Å². The Morgan fingerprint density at radius 3 is 2.47 bits per heavy atom. The molecule has 2 N–H and O–H groups in total. The van der Waals surface area contributed by atoms with Crippen LogP contribution in [0.25, 0.3) is 0 Å². The first kappa shape index (κ1) is 20.5. The minimum Gasteiger partial charge on any atom is -0.361 e. The number of amides is 2.